The van der Waals surface area contributed by atoms with E-state index in [9.17, 15) is 13.2 Å². The SMILES string of the molecule is O=C(Cn1cc(C2CC2)nn1)NS(=O)(=O)c1ccsc1. The van der Waals surface area contributed by atoms with E-state index in [0.717, 1.165) is 18.5 Å². The molecule has 1 aliphatic rings. The first-order valence-corrected chi connectivity index (χ1v) is 8.45. The molecule has 2 aromatic heterocycles. The lowest BCUT2D eigenvalue weighted by molar-refractivity contribution is -0.120. The summed E-state index contributed by atoms with van der Waals surface area (Å²) in [4.78, 5) is 11.8. The van der Waals surface area contributed by atoms with Crippen molar-refractivity contribution in [3.8, 4) is 0 Å². The van der Waals surface area contributed by atoms with Crippen molar-refractivity contribution in [3.63, 3.8) is 0 Å². The maximum Gasteiger partial charge on any atom is 0.264 e. The zero-order chi connectivity index (χ0) is 14.2. The predicted octanol–water partition coefficient (Wildman–Crippen LogP) is 0.722. The molecule has 20 heavy (non-hydrogen) atoms. The lowest BCUT2D eigenvalue weighted by Crippen LogP contribution is -2.33. The third-order valence-corrected chi connectivity index (χ3v) is 5.11. The van der Waals surface area contributed by atoms with Gasteiger partial charge in [0.15, 0.2) is 0 Å². The van der Waals surface area contributed by atoms with Gasteiger partial charge in [-0.25, -0.2) is 17.8 Å². The molecule has 106 valence electrons. The van der Waals surface area contributed by atoms with E-state index in [4.69, 9.17) is 0 Å². The van der Waals surface area contributed by atoms with Crippen molar-refractivity contribution in [2.75, 3.05) is 0 Å². The molecule has 7 nitrogen and oxygen atoms in total. The number of nitrogens with zero attached hydrogens (tertiary/aromatic N) is 3. The van der Waals surface area contributed by atoms with Crippen molar-refractivity contribution < 1.29 is 13.2 Å². The molecule has 3 rings (SSSR count). The summed E-state index contributed by atoms with van der Waals surface area (Å²) in [5.74, 6) is -0.190. The number of rotatable bonds is 5. The van der Waals surface area contributed by atoms with Crippen LogP contribution in [0.15, 0.2) is 27.9 Å². The number of sulfonamides is 1. The number of amides is 1. The molecule has 2 heterocycles. The number of carbonyl (C=O) groups excluding carboxylic acids is 1. The Balaban J connectivity index is 1.64. The summed E-state index contributed by atoms with van der Waals surface area (Å²) in [7, 11) is -3.78. The first-order valence-electron chi connectivity index (χ1n) is 6.02. The molecule has 0 aromatic carbocycles. The Hall–Kier alpha value is -1.74. The van der Waals surface area contributed by atoms with Crippen molar-refractivity contribution in [3.05, 3.63) is 28.7 Å². The van der Waals surface area contributed by atoms with E-state index in [1.54, 1.807) is 11.6 Å². The molecular weight excluding hydrogens is 300 g/mol. The molecule has 1 N–H and O–H groups in total. The first kappa shape index (κ1) is 13.3. The van der Waals surface area contributed by atoms with Crippen LogP contribution in [0, 0.1) is 0 Å². The Kier molecular flexibility index (Phi) is 3.30. The van der Waals surface area contributed by atoms with Crippen molar-refractivity contribution in [2.24, 2.45) is 0 Å². The van der Waals surface area contributed by atoms with Gasteiger partial charge in [-0.2, -0.15) is 11.3 Å². The summed E-state index contributed by atoms with van der Waals surface area (Å²) in [5.41, 5.74) is 0.860. The zero-order valence-corrected chi connectivity index (χ0v) is 12.0. The summed E-state index contributed by atoms with van der Waals surface area (Å²) in [6.45, 7) is -0.164. The van der Waals surface area contributed by atoms with Crippen LogP contribution < -0.4 is 4.72 Å². The fourth-order valence-corrected chi connectivity index (χ4v) is 3.76. The molecule has 1 fully saturated rings. The second-order valence-corrected chi connectivity index (χ2v) is 7.07. The third-order valence-electron chi connectivity index (χ3n) is 2.91. The number of hydrogen-bond donors (Lipinski definition) is 1. The van der Waals surface area contributed by atoms with Crippen LogP contribution in [-0.4, -0.2) is 29.3 Å². The minimum absolute atomic E-state index is 0.0908. The molecule has 0 saturated heterocycles. The standard InChI is InChI=1S/C11H12N4O3S2/c16-11(13-20(17,18)9-3-4-19-7-9)6-15-5-10(12-14-15)8-1-2-8/h3-5,7-8H,1-2,6H2,(H,13,16). The van der Waals surface area contributed by atoms with Crippen molar-refractivity contribution >= 4 is 27.3 Å². The largest absolute Gasteiger partial charge is 0.272 e. The smallest absolute Gasteiger partial charge is 0.264 e. The first-order chi connectivity index (χ1) is 9.54. The highest BCUT2D eigenvalue weighted by Gasteiger charge is 2.27. The Labute approximate surface area is 119 Å². The van der Waals surface area contributed by atoms with Crippen LogP contribution in [0.2, 0.25) is 0 Å². The highest BCUT2D eigenvalue weighted by molar-refractivity contribution is 7.90. The predicted molar refractivity (Wildman–Crippen MR) is 71.6 cm³/mol. The van der Waals surface area contributed by atoms with E-state index in [1.807, 2.05) is 4.72 Å². The summed E-state index contributed by atoms with van der Waals surface area (Å²) in [5, 5.41) is 10.9. The molecule has 0 atom stereocenters. The molecule has 2 aromatic rings. The fourth-order valence-electron chi connectivity index (χ4n) is 1.75. The van der Waals surface area contributed by atoms with E-state index in [1.165, 1.54) is 27.5 Å². The topological polar surface area (TPSA) is 93.9 Å². The lowest BCUT2D eigenvalue weighted by Gasteiger charge is -2.04. The number of thiophene rings is 1. The fraction of sp³-hybridized carbons (Fsp3) is 0.364. The van der Waals surface area contributed by atoms with Crippen molar-refractivity contribution in [1.82, 2.24) is 19.7 Å². The zero-order valence-electron chi connectivity index (χ0n) is 10.4. The quantitative estimate of drug-likeness (QED) is 0.878. The summed E-state index contributed by atoms with van der Waals surface area (Å²) < 4.78 is 27.1. The second kappa shape index (κ2) is 4.98. The maximum atomic E-state index is 11.8. The molecule has 0 radical (unpaired) electrons. The third kappa shape index (κ3) is 2.88. The Morgan fingerprint density at radius 3 is 2.95 bits per heavy atom. The number of nitrogens with one attached hydrogen (secondary N) is 1. The Bertz CT molecular complexity index is 717. The molecule has 9 heteroatoms. The van der Waals surface area contributed by atoms with Gasteiger partial charge in [-0.15, -0.1) is 5.10 Å². The summed E-state index contributed by atoms with van der Waals surface area (Å²) >= 11 is 1.25. The minimum Gasteiger partial charge on any atom is -0.272 e. The molecular formula is C11H12N4O3S2. The second-order valence-electron chi connectivity index (χ2n) is 4.60. The number of aromatic nitrogens is 3. The molecule has 1 saturated carbocycles. The van der Waals surface area contributed by atoms with Crippen LogP contribution in [0.4, 0.5) is 0 Å². The van der Waals surface area contributed by atoms with E-state index in [-0.39, 0.29) is 11.4 Å². The van der Waals surface area contributed by atoms with Crippen molar-refractivity contribution in [2.45, 2.75) is 30.2 Å². The molecule has 0 aliphatic heterocycles. The van der Waals surface area contributed by atoms with Gasteiger partial charge in [0.1, 0.15) is 6.54 Å². The van der Waals surface area contributed by atoms with Gasteiger partial charge in [-0.3, -0.25) is 4.79 Å². The van der Waals surface area contributed by atoms with Crippen LogP contribution in [0.25, 0.3) is 0 Å². The molecule has 0 spiro atoms. The highest BCUT2D eigenvalue weighted by Crippen LogP contribution is 2.38. The van der Waals surface area contributed by atoms with Crippen LogP contribution in [0.5, 0.6) is 0 Å². The summed E-state index contributed by atoms with van der Waals surface area (Å²) in [6.07, 6.45) is 3.88. The average Bonchev–Trinajstić information content (AvgIpc) is 2.91. The molecule has 1 aliphatic carbocycles. The van der Waals surface area contributed by atoms with Crippen LogP contribution in [0.3, 0.4) is 0 Å². The molecule has 0 unspecified atom stereocenters. The number of hydrogen-bond acceptors (Lipinski definition) is 6. The van der Waals surface area contributed by atoms with Gasteiger partial charge in [0.2, 0.25) is 0 Å². The van der Waals surface area contributed by atoms with Gasteiger partial charge in [0.05, 0.1) is 10.6 Å². The van der Waals surface area contributed by atoms with Gasteiger partial charge < -0.3 is 0 Å². The monoisotopic (exact) mass is 312 g/mol. The van der Waals surface area contributed by atoms with Crippen LogP contribution >= 0.6 is 11.3 Å². The van der Waals surface area contributed by atoms with E-state index < -0.39 is 15.9 Å². The van der Waals surface area contributed by atoms with E-state index in [2.05, 4.69) is 10.3 Å². The average molecular weight is 312 g/mol. The van der Waals surface area contributed by atoms with E-state index in [0.29, 0.717) is 5.92 Å². The normalized spacial score (nSPS) is 15.2. The minimum atomic E-state index is -3.78. The van der Waals surface area contributed by atoms with Crippen LogP contribution in [0.1, 0.15) is 24.5 Å². The van der Waals surface area contributed by atoms with Gasteiger partial charge in [0, 0.05) is 17.5 Å². The van der Waals surface area contributed by atoms with Crippen molar-refractivity contribution in [1.29, 1.82) is 0 Å². The lowest BCUT2D eigenvalue weighted by atomic mass is 10.3. The highest BCUT2D eigenvalue weighted by atomic mass is 32.2. The molecule has 0 bridgehead atoms. The maximum absolute atomic E-state index is 11.8. The van der Waals surface area contributed by atoms with E-state index >= 15 is 0 Å². The summed E-state index contributed by atoms with van der Waals surface area (Å²) in [6, 6.07) is 1.45. The van der Waals surface area contributed by atoms with Gasteiger partial charge >= 0.3 is 0 Å². The van der Waals surface area contributed by atoms with Gasteiger partial charge in [-0.05, 0) is 24.3 Å². The Morgan fingerprint density at radius 2 is 2.30 bits per heavy atom. The van der Waals surface area contributed by atoms with Crippen LogP contribution in [-0.2, 0) is 21.4 Å². The van der Waals surface area contributed by atoms with Gasteiger partial charge in [-0.1, -0.05) is 5.21 Å². The van der Waals surface area contributed by atoms with Gasteiger partial charge in [0.25, 0.3) is 15.9 Å². The molecule has 1 amide bonds. The Morgan fingerprint density at radius 1 is 1.50 bits per heavy atom. The number of carbonyl (C=O) groups is 1.